The molecule has 1 heterocycles. The van der Waals surface area contributed by atoms with Gasteiger partial charge in [-0.05, 0) is 96.8 Å². The second-order valence-corrected chi connectivity index (χ2v) is 10.3. The molecule has 1 aliphatic heterocycles. The molecule has 0 bridgehead atoms. The molecule has 0 saturated heterocycles. The molecule has 0 spiro atoms. The van der Waals surface area contributed by atoms with Gasteiger partial charge in [-0.1, -0.05) is 19.9 Å². The van der Waals surface area contributed by atoms with Gasteiger partial charge in [0, 0.05) is 6.42 Å². The Bertz CT molecular complexity index is 847. The number of ether oxygens (including phenoxy) is 1. The number of aryl methyl sites for hydroxylation is 2. The Labute approximate surface area is 189 Å². The van der Waals surface area contributed by atoms with Crippen LogP contribution in [0.15, 0.2) is 17.1 Å². The molecule has 5 atom stereocenters. The van der Waals surface area contributed by atoms with Crippen LogP contribution in [-0.4, -0.2) is 19.0 Å². The lowest BCUT2D eigenvalue weighted by molar-refractivity contribution is -0.199. The number of hydrogen-bond donors (Lipinski definition) is 1. The van der Waals surface area contributed by atoms with Gasteiger partial charge in [0.15, 0.2) is 5.90 Å². The predicted octanol–water partition coefficient (Wildman–Crippen LogP) is 5.30. The van der Waals surface area contributed by atoms with Crippen molar-refractivity contribution in [2.45, 2.75) is 71.1 Å². The first-order valence-electron chi connectivity index (χ1n) is 11.8. The van der Waals surface area contributed by atoms with Gasteiger partial charge in [0.2, 0.25) is 0 Å². The van der Waals surface area contributed by atoms with E-state index in [9.17, 15) is 0 Å². The van der Waals surface area contributed by atoms with E-state index in [-0.39, 0.29) is 0 Å². The van der Waals surface area contributed by atoms with E-state index in [0.29, 0.717) is 11.3 Å². The molecule has 0 amide bonds. The quantitative estimate of drug-likeness (QED) is 0.265. The summed E-state index contributed by atoms with van der Waals surface area (Å²) in [6, 6.07) is 4.62. The van der Waals surface area contributed by atoms with Crippen molar-refractivity contribution in [2.24, 2.45) is 34.1 Å². The van der Waals surface area contributed by atoms with Gasteiger partial charge in [0.25, 0.3) is 12.3 Å². The molecule has 1 aromatic rings. The molecule has 2 fully saturated rings. The van der Waals surface area contributed by atoms with Crippen molar-refractivity contribution in [2.75, 3.05) is 13.2 Å². The van der Waals surface area contributed by atoms with E-state index in [0.717, 1.165) is 74.1 Å². The fourth-order valence-corrected chi connectivity index (χ4v) is 7.51. The summed E-state index contributed by atoms with van der Waals surface area (Å²) in [6.07, 6.45) is 9.67. The maximum atomic E-state index is 5.78. The smallest absolute Gasteiger partial charge is 0.260 e. The van der Waals surface area contributed by atoms with Crippen LogP contribution >= 0.6 is 12.3 Å². The van der Waals surface area contributed by atoms with E-state index < -0.39 is 0 Å². The lowest BCUT2D eigenvalue weighted by atomic mass is 9.54. The number of fused-ring (bicyclic) bond motifs is 5. The Morgan fingerprint density at radius 1 is 1.26 bits per heavy atom. The average Bonchev–Trinajstić information content (AvgIpc) is 3.41. The van der Waals surface area contributed by atoms with Crippen LogP contribution in [0.2, 0.25) is 0 Å². The third-order valence-corrected chi connectivity index (χ3v) is 9.12. The number of hydrogen-bond acceptors (Lipinski definition) is 7. The second-order valence-electron chi connectivity index (χ2n) is 9.89. The molecule has 2 saturated carbocycles. The van der Waals surface area contributed by atoms with Crippen molar-refractivity contribution in [3.05, 3.63) is 28.8 Å². The van der Waals surface area contributed by atoms with E-state index in [1.807, 2.05) is 0 Å². The van der Waals surface area contributed by atoms with Crippen LogP contribution in [-0.2, 0) is 26.9 Å². The van der Waals surface area contributed by atoms with Crippen LogP contribution in [0.1, 0.15) is 75.0 Å². The zero-order valence-corrected chi connectivity index (χ0v) is 19.4. The zero-order valence-electron chi connectivity index (χ0n) is 18.6. The number of benzene rings is 1. The molecule has 3 aliphatic carbocycles. The normalized spacial score (nSPS) is 33.8. The minimum Gasteiger partial charge on any atom is -0.479 e. The molecule has 0 radical (unpaired) electrons. The summed E-state index contributed by atoms with van der Waals surface area (Å²) in [7, 11) is 0. The first-order chi connectivity index (χ1) is 15.1. The van der Waals surface area contributed by atoms with Gasteiger partial charge in [-0.25, -0.2) is 0 Å². The maximum Gasteiger partial charge on any atom is 0.260 e. The molecular weight excluding hydrogens is 412 g/mol. The summed E-state index contributed by atoms with van der Waals surface area (Å²) in [5.41, 5.74) is 4.66. The summed E-state index contributed by atoms with van der Waals surface area (Å²) in [4.78, 5) is 8.73. The Kier molecular flexibility index (Phi) is 6.21. The van der Waals surface area contributed by atoms with Gasteiger partial charge in [0.1, 0.15) is 12.4 Å². The molecule has 0 aromatic heterocycles. The second kappa shape index (κ2) is 8.93. The Morgan fingerprint density at radius 2 is 2.16 bits per heavy atom. The molecule has 5 rings (SSSR count). The Morgan fingerprint density at radius 3 is 2.94 bits per heavy atom. The first kappa shape index (κ1) is 21.6. The highest BCUT2D eigenvalue weighted by atomic mass is 32.2. The number of nitrogens with zero attached hydrogens (tertiary/aromatic N) is 1. The lowest BCUT2D eigenvalue weighted by Gasteiger charge is -2.51. The van der Waals surface area contributed by atoms with Gasteiger partial charge < -0.3 is 8.92 Å². The summed E-state index contributed by atoms with van der Waals surface area (Å²) < 4.78 is 16.1. The fraction of sp³-hybridized carbons (Fsp3) is 0.708. The third-order valence-electron chi connectivity index (χ3n) is 8.74. The van der Waals surface area contributed by atoms with Gasteiger partial charge in [-0.2, -0.15) is 5.90 Å². The maximum absolute atomic E-state index is 5.78. The topological polar surface area (TPSA) is 75.3 Å². The third kappa shape index (κ3) is 3.88. The summed E-state index contributed by atoms with van der Waals surface area (Å²) in [5, 5.41) is 0. The van der Waals surface area contributed by atoms with Crippen LogP contribution in [0.25, 0.3) is 0 Å². The van der Waals surface area contributed by atoms with Crippen molar-refractivity contribution < 1.29 is 18.2 Å². The van der Waals surface area contributed by atoms with Crippen LogP contribution in [0.3, 0.4) is 0 Å². The summed E-state index contributed by atoms with van der Waals surface area (Å²) in [6.45, 7) is 6.37. The summed E-state index contributed by atoms with van der Waals surface area (Å²) >= 11 is 0.767. The highest BCUT2D eigenvalue weighted by Crippen LogP contribution is 2.63. The number of aliphatic imine (C=N–C) groups is 1. The molecule has 2 N–H and O–H groups in total. The molecule has 7 heteroatoms. The van der Waals surface area contributed by atoms with Crippen molar-refractivity contribution in [1.29, 1.82) is 0 Å². The molecule has 1 aromatic carbocycles. The largest absolute Gasteiger partial charge is 0.479 e. The molecule has 4 aliphatic rings. The van der Waals surface area contributed by atoms with E-state index in [2.05, 4.69) is 40.3 Å². The first-order valence-corrected chi connectivity index (χ1v) is 12.5. The number of rotatable bonds is 7. The summed E-state index contributed by atoms with van der Waals surface area (Å²) in [5.74, 6) is 9.81. The average molecular weight is 447 g/mol. The van der Waals surface area contributed by atoms with Crippen LogP contribution < -0.4 is 10.1 Å². The fourth-order valence-electron chi connectivity index (χ4n) is 7.22. The van der Waals surface area contributed by atoms with E-state index in [1.54, 1.807) is 5.56 Å². The van der Waals surface area contributed by atoms with Crippen LogP contribution in [0.4, 0.5) is 0 Å². The van der Waals surface area contributed by atoms with Gasteiger partial charge in [0.05, 0.1) is 6.54 Å². The molecular formula is C24H34N2O4S. The van der Waals surface area contributed by atoms with Crippen LogP contribution in [0, 0.1) is 23.2 Å². The minimum atomic E-state index is 0.431. The van der Waals surface area contributed by atoms with Crippen molar-refractivity contribution in [1.82, 2.24) is 0 Å². The lowest BCUT2D eigenvalue weighted by Crippen LogP contribution is -2.42. The van der Waals surface area contributed by atoms with Crippen molar-refractivity contribution in [3.8, 4) is 5.75 Å². The molecule has 31 heavy (non-hydrogen) atoms. The van der Waals surface area contributed by atoms with Crippen molar-refractivity contribution >= 4 is 18.2 Å². The number of nitrogens with two attached hydrogens (primary N) is 1. The zero-order chi connectivity index (χ0) is 21.4. The van der Waals surface area contributed by atoms with E-state index in [4.69, 9.17) is 14.8 Å². The standard InChI is InChI=1S/C24H34N2O4S/c1-3-15-12-20-16(13-22(15)28-31-30-29-25)4-6-19-18(20)8-9-24(2)17(5-7-21(19)24)14-23-26-10-11-27-23/h12-13,17-19,21H,3-11,14,25H2,1-2H3/t17-,18?,19?,21?,24-/m1/s1. The molecule has 3 unspecified atom stereocenters. The SMILES string of the molecule is CCc1cc2c(cc1OSOON)CCC1C2CC[C@@]2(C)C1CC[C@@H]2CC1=NCCO1. The van der Waals surface area contributed by atoms with E-state index >= 15 is 0 Å². The molecule has 6 nitrogen and oxygen atoms in total. The Balaban J connectivity index is 1.36. The highest BCUT2D eigenvalue weighted by Gasteiger charge is 2.54. The monoisotopic (exact) mass is 446 g/mol. The van der Waals surface area contributed by atoms with Gasteiger partial charge in [-0.15, -0.1) is 9.32 Å². The highest BCUT2D eigenvalue weighted by molar-refractivity contribution is 7.90. The van der Waals surface area contributed by atoms with E-state index in [1.165, 1.54) is 43.2 Å². The van der Waals surface area contributed by atoms with Crippen molar-refractivity contribution in [3.63, 3.8) is 0 Å². The van der Waals surface area contributed by atoms with Gasteiger partial charge in [-0.3, -0.25) is 4.99 Å². The minimum absolute atomic E-state index is 0.431. The Hall–Kier alpha value is -1.28. The predicted molar refractivity (Wildman–Crippen MR) is 121 cm³/mol. The molecule has 170 valence electrons. The van der Waals surface area contributed by atoms with Crippen LogP contribution in [0.5, 0.6) is 5.75 Å². The van der Waals surface area contributed by atoms with Gasteiger partial charge >= 0.3 is 0 Å².